The lowest BCUT2D eigenvalue weighted by Crippen LogP contribution is -2.31. The summed E-state index contributed by atoms with van der Waals surface area (Å²) in [7, 11) is -3.62. The van der Waals surface area contributed by atoms with Crippen LogP contribution in [-0.4, -0.2) is 48.8 Å². The minimum absolute atomic E-state index is 0.0894. The van der Waals surface area contributed by atoms with Gasteiger partial charge in [-0.1, -0.05) is 44.2 Å². The Morgan fingerprint density at radius 2 is 1.70 bits per heavy atom. The summed E-state index contributed by atoms with van der Waals surface area (Å²) in [6, 6.07) is 15.0. The maximum atomic E-state index is 12.6. The lowest BCUT2D eigenvalue weighted by atomic mass is 10.2. The van der Waals surface area contributed by atoms with E-state index in [0.29, 0.717) is 18.2 Å². The number of amides is 1. The van der Waals surface area contributed by atoms with Gasteiger partial charge in [0.1, 0.15) is 0 Å². The summed E-state index contributed by atoms with van der Waals surface area (Å²) in [5, 5.41) is 4.87. The number of anilines is 1. The van der Waals surface area contributed by atoms with Crippen LogP contribution in [0.4, 0.5) is 5.13 Å². The zero-order valence-electron chi connectivity index (χ0n) is 18.5. The normalized spacial score (nSPS) is 12.4. The van der Waals surface area contributed by atoms with E-state index in [9.17, 15) is 18.0 Å². The summed E-state index contributed by atoms with van der Waals surface area (Å²) in [6.45, 7) is 5.67. The fourth-order valence-electron chi connectivity index (χ4n) is 3.04. The molecule has 174 valence electrons. The number of aromatic nitrogens is 1. The van der Waals surface area contributed by atoms with Crippen molar-refractivity contribution in [1.82, 2.24) is 9.29 Å². The van der Waals surface area contributed by atoms with Crippen LogP contribution in [0.15, 0.2) is 64.9 Å². The lowest BCUT2D eigenvalue weighted by molar-refractivity contribution is -0.123. The van der Waals surface area contributed by atoms with Gasteiger partial charge in [-0.3, -0.25) is 10.1 Å². The van der Waals surface area contributed by atoms with Crippen molar-refractivity contribution in [1.29, 1.82) is 0 Å². The highest BCUT2D eigenvalue weighted by Gasteiger charge is 2.23. The van der Waals surface area contributed by atoms with E-state index in [1.807, 2.05) is 35.7 Å². The van der Waals surface area contributed by atoms with E-state index in [1.165, 1.54) is 46.8 Å². The number of ether oxygens (including phenoxy) is 1. The Morgan fingerprint density at radius 1 is 1.06 bits per heavy atom. The van der Waals surface area contributed by atoms with Gasteiger partial charge in [0.15, 0.2) is 11.2 Å². The Bertz CT molecular complexity index is 1200. The Kier molecular flexibility index (Phi) is 7.96. The molecule has 33 heavy (non-hydrogen) atoms. The van der Waals surface area contributed by atoms with E-state index in [1.54, 1.807) is 13.8 Å². The summed E-state index contributed by atoms with van der Waals surface area (Å²) in [6.07, 6.45) is -1.07. The van der Waals surface area contributed by atoms with Crippen molar-refractivity contribution < 1.29 is 22.7 Å². The maximum absolute atomic E-state index is 12.6. The first-order chi connectivity index (χ1) is 15.8. The van der Waals surface area contributed by atoms with Gasteiger partial charge in [-0.25, -0.2) is 18.2 Å². The quantitative estimate of drug-likeness (QED) is 0.457. The van der Waals surface area contributed by atoms with Crippen molar-refractivity contribution in [2.24, 2.45) is 0 Å². The van der Waals surface area contributed by atoms with Gasteiger partial charge < -0.3 is 4.74 Å². The molecule has 0 aliphatic carbocycles. The molecule has 0 aliphatic heterocycles. The summed E-state index contributed by atoms with van der Waals surface area (Å²) in [5.41, 5.74) is 1.81. The fourth-order valence-corrected chi connectivity index (χ4v) is 5.22. The molecule has 1 aromatic heterocycles. The summed E-state index contributed by atoms with van der Waals surface area (Å²) < 4.78 is 31.7. The minimum Gasteiger partial charge on any atom is -0.449 e. The van der Waals surface area contributed by atoms with Crippen molar-refractivity contribution in [3.05, 3.63) is 65.5 Å². The molecular weight excluding hydrogens is 462 g/mol. The molecule has 3 rings (SSSR count). The van der Waals surface area contributed by atoms with Crippen LogP contribution in [0.2, 0.25) is 0 Å². The number of carbonyl (C=O) groups excluding carboxylic acids is 2. The molecule has 0 bridgehead atoms. The highest BCUT2D eigenvalue weighted by molar-refractivity contribution is 7.89. The number of nitrogens with one attached hydrogen (secondary N) is 1. The molecule has 2 aromatic carbocycles. The smallest absolute Gasteiger partial charge is 0.338 e. The van der Waals surface area contributed by atoms with Crippen LogP contribution in [0.1, 0.15) is 31.1 Å². The number of rotatable bonds is 9. The third-order valence-corrected chi connectivity index (χ3v) is 7.71. The van der Waals surface area contributed by atoms with Crippen molar-refractivity contribution in [3.63, 3.8) is 0 Å². The van der Waals surface area contributed by atoms with E-state index in [2.05, 4.69) is 10.3 Å². The Balaban J connectivity index is 1.61. The zero-order valence-corrected chi connectivity index (χ0v) is 20.2. The van der Waals surface area contributed by atoms with Gasteiger partial charge in [-0.15, -0.1) is 11.3 Å². The molecule has 1 unspecified atom stereocenters. The monoisotopic (exact) mass is 487 g/mol. The average molecular weight is 488 g/mol. The molecule has 0 aliphatic rings. The largest absolute Gasteiger partial charge is 0.449 e. The van der Waals surface area contributed by atoms with Crippen LogP contribution in [0, 0.1) is 0 Å². The van der Waals surface area contributed by atoms with Crippen LogP contribution >= 0.6 is 11.3 Å². The number of carbonyl (C=O) groups is 2. The molecule has 0 radical (unpaired) electrons. The van der Waals surface area contributed by atoms with Crippen LogP contribution in [0.3, 0.4) is 0 Å². The Morgan fingerprint density at radius 3 is 2.30 bits per heavy atom. The van der Waals surface area contributed by atoms with Crippen molar-refractivity contribution >= 4 is 38.4 Å². The molecule has 1 atom stereocenters. The number of hydrogen-bond acceptors (Lipinski definition) is 7. The second-order valence-electron chi connectivity index (χ2n) is 7.05. The molecule has 3 aromatic rings. The van der Waals surface area contributed by atoms with E-state index in [4.69, 9.17) is 4.74 Å². The van der Waals surface area contributed by atoms with Gasteiger partial charge in [-0.05, 0) is 31.2 Å². The lowest BCUT2D eigenvalue weighted by Gasteiger charge is -2.18. The van der Waals surface area contributed by atoms with Crippen LogP contribution in [-0.2, 0) is 19.6 Å². The molecule has 10 heteroatoms. The van der Waals surface area contributed by atoms with Gasteiger partial charge in [-0.2, -0.15) is 4.31 Å². The molecular formula is C23H25N3O5S2. The maximum Gasteiger partial charge on any atom is 0.338 e. The number of nitrogens with zero attached hydrogens (tertiary/aromatic N) is 2. The number of hydrogen-bond donors (Lipinski definition) is 1. The van der Waals surface area contributed by atoms with E-state index >= 15 is 0 Å². The summed E-state index contributed by atoms with van der Waals surface area (Å²) >= 11 is 1.27. The highest BCUT2D eigenvalue weighted by atomic mass is 32.2. The number of benzene rings is 2. The van der Waals surface area contributed by atoms with E-state index < -0.39 is 28.0 Å². The molecule has 1 heterocycles. The first-order valence-corrected chi connectivity index (χ1v) is 12.7. The number of esters is 1. The highest BCUT2D eigenvalue weighted by Crippen LogP contribution is 2.25. The second kappa shape index (κ2) is 10.7. The van der Waals surface area contributed by atoms with Crippen molar-refractivity contribution in [2.75, 3.05) is 18.4 Å². The third-order valence-electron chi connectivity index (χ3n) is 4.89. The first kappa shape index (κ1) is 24.6. The van der Waals surface area contributed by atoms with Gasteiger partial charge >= 0.3 is 5.97 Å². The SMILES string of the molecule is CCN(CC)S(=O)(=O)c1ccc(C(=O)OC(C)C(=O)Nc2nc(-c3ccccc3)cs2)cc1. The summed E-state index contributed by atoms with van der Waals surface area (Å²) in [5.74, 6) is -1.24. The predicted molar refractivity (Wildman–Crippen MR) is 128 cm³/mol. The standard InChI is InChI=1S/C23H25N3O5S2/c1-4-26(5-2)33(29,30)19-13-11-18(12-14-19)22(28)31-16(3)21(27)25-23-24-20(15-32-23)17-9-7-6-8-10-17/h6-16H,4-5H2,1-3H3,(H,24,25,27). The molecule has 0 fully saturated rings. The van der Waals surface area contributed by atoms with Crippen LogP contribution in [0.5, 0.6) is 0 Å². The summed E-state index contributed by atoms with van der Waals surface area (Å²) in [4.78, 5) is 29.4. The van der Waals surface area contributed by atoms with Crippen LogP contribution < -0.4 is 5.32 Å². The fraction of sp³-hybridized carbons (Fsp3) is 0.261. The van der Waals surface area contributed by atoms with Crippen molar-refractivity contribution in [2.45, 2.75) is 31.8 Å². The molecule has 1 N–H and O–H groups in total. The van der Waals surface area contributed by atoms with E-state index in [-0.39, 0.29) is 10.5 Å². The van der Waals surface area contributed by atoms with Crippen LogP contribution in [0.25, 0.3) is 11.3 Å². The van der Waals surface area contributed by atoms with E-state index in [0.717, 1.165) is 11.3 Å². The van der Waals surface area contributed by atoms with Gasteiger partial charge in [0.2, 0.25) is 10.0 Å². The van der Waals surface area contributed by atoms with Gasteiger partial charge in [0.05, 0.1) is 16.2 Å². The molecule has 0 spiro atoms. The Labute approximate surface area is 197 Å². The molecule has 8 nitrogen and oxygen atoms in total. The first-order valence-electron chi connectivity index (χ1n) is 10.4. The average Bonchev–Trinajstić information content (AvgIpc) is 3.28. The third kappa shape index (κ3) is 5.84. The number of sulfonamides is 1. The van der Waals surface area contributed by atoms with Gasteiger partial charge in [0.25, 0.3) is 5.91 Å². The molecule has 0 saturated carbocycles. The number of thiazole rings is 1. The van der Waals surface area contributed by atoms with Gasteiger partial charge in [0, 0.05) is 24.0 Å². The Hall–Kier alpha value is -3.08. The molecule has 0 saturated heterocycles. The zero-order chi connectivity index (χ0) is 24.0. The minimum atomic E-state index is -3.62. The second-order valence-corrected chi connectivity index (χ2v) is 9.85. The van der Waals surface area contributed by atoms with Crippen molar-refractivity contribution in [3.8, 4) is 11.3 Å². The molecule has 1 amide bonds. The topological polar surface area (TPSA) is 106 Å². The predicted octanol–water partition coefficient (Wildman–Crippen LogP) is 4.02.